The van der Waals surface area contributed by atoms with Crippen molar-refractivity contribution in [1.82, 2.24) is 15.1 Å². The van der Waals surface area contributed by atoms with Crippen LogP contribution in [0.15, 0.2) is 0 Å². The van der Waals surface area contributed by atoms with Crippen LogP contribution in [-0.4, -0.2) is 62.2 Å². The number of likely N-dealkylation sites (N-methyl/N-ethyl adjacent to an activating group) is 2. The number of likely N-dealkylation sites (tertiary alicyclic amines) is 1. The molecule has 1 aliphatic heterocycles. The lowest BCUT2D eigenvalue weighted by Crippen LogP contribution is -2.45. The molecule has 0 aromatic heterocycles. The Morgan fingerprint density at radius 3 is 2.35 bits per heavy atom. The Bertz CT molecular complexity index is 216. The lowest BCUT2D eigenvalue weighted by Gasteiger charge is -2.32. The first-order valence-corrected chi connectivity index (χ1v) is 7.08. The lowest BCUT2D eigenvalue weighted by molar-refractivity contribution is 0.172. The maximum Gasteiger partial charge on any atom is 0.0254 e. The molecule has 0 aliphatic carbocycles. The Balaban J connectivity index is 2.58. The van der Waals surface area contributed by atoms with E-state index in [0.29, 0.717) is 6.04 Å². The maximum atomic E-state index is 3.51. The summed E-state index contributed by atoms with van der Waals surface area (Å²) in [5.41, 5.74) is 0. The Labute approximate surface area is 108 Å². The fourth-order valence-corrected chi connectivity index (χ4v) is 3.01. The van der Waals surface area contributed by atoms with Crippen LogP contribution in [0.3, 0.4) is 0 Å². The van der Waals surface area contributed by atoms with E-state index in [2.05, 4.69) is 56.9 Å². The number of nitrogens with one attached hydrogen (secondary N) is 1. The van der Waals surface area contributed by atoms with E-state index in [1.165, 1.54) is 13.1 Å². The van der Waals surface area contributed by atoms with E-state index in [4.69, 9.17) is 0 Å². The third kappa shape index (κ3) is 3.94. The second-order valence-electron chi connectivity index (χ2n) is 6.08. The van der Waals surface area contributed by atoms with Gasteiger partial charge in [0.05, 0.1) is 0 Å². The van der Waals surface area contributed by atoms with Crippen molar-refractivity contribution in [3.8, 4) is 0 Å². The maximum absolute atomic E-state index is 3.51. The molecular weight excluding hydrogens is 210 g/mol. The van der Waals surface area contributed by atoms with E-state index >= 15 is 0 Å². The molecule has 1 N–H and O–H groups in total. The molecule has 0 aromatic carbocycles. The summed E-state index contributed by atoms with van der Waals surface area (Å²) in [5.74, 6) is 1.51. The molecular formula is C14H31N3. The Morgan fingerprint density at radius 2 is 1.94 bits per heavy atom. The lowest BCUT2D eigenvalue weighted by atomic mass is 10.0. The second-order valence-corrected chi connectivity index (χ2v) is 6.08. The zero-order valence-electron chi connectivity index (χ0n) is 12.5. The first kappa shape index (κ1) is 14.9. The number of hydrogen-bond acceptors (Lipinski definition) is 3. The van der Waals surface area contributed by atoms with Gasteiger partial charge in [-0.05, 0) is 32.5 Å². The molecule has 0 saturated carbocycles. The molecule has 0 radical (unpaired) electrons. The van der Waals surface area contributed by atoms with Gasteiger partial charge in [-0.25, -0.2) is 0 Å². The fourth-order valence-electron chi connectivity index (χ4n) is 3.01. The molecule has 1 heterocycles. The van der Waals surface area contributed by atoms with Crippen LogP contribution in [0, 0.1) is 11.8 Å². The molecule has 3 atom stereocenters. The van der Waals surface area contributed by atoms with Gasteiger partial charge >= 0.3 is 0 Å². The minimum atomic E-state index is 0.683. The summed E-state index contributed by atoms with van der Waals surface area (Å²) in [6.45, 7) is 13.9. The van der Waals surface area contributed by atoms with Gasteiger partial charge in [0.2, 0.25) is 0 Å². The summed E-state index contributed by atoms with van der Waals surface area (Å²) in [6.07, 6.45) is 0. The first-order valence-electron chi connectivity index (χ1n) is 7.08. The van der Waals surface area contributed by atoms with Gasteiger partial charge in [0.1, 0.15) is 0 Å². The zero-order valence-corrected chi connectivity index (χ0v) is 12.5. The van der Waals surface area contributed by atoms with Crippen LogP contribution in [0.1, 0.15) is 27.7 Å². The van der Waals surface area contributed by atoms with Gasteiger partial charge in [-0.1, -0.05) is 27.7 Å². The van der Waals surface area contributed by atoms with Crippen molar-refractivity contribution >= 4 is 0 Å². The van der Waals surface area contributed by atoms with Crippen molar-refractivity contribution in [1.29, 1.82) is 0 Å². The summed E-state index contributed by atoms with van der Waals surface area (Å²) in [7, 11) is 4.42. The molecule has 1 aliphatic rings. The van der Waals surface area contributed by atoms with Crippen LogP contribution >= 0.6 is 0 Å². The molecule has 1 rings (SSSR count). The number of rotatable bonds is 6. The minimum Gasteiger partial charge on any atom is -0.315 e. The average Bonchev–Trinajstić information content (AvgIpc) is 2.60. The molecule has 17 heavy (non-hydrogen) atoms. The SMILES string of the molecule is CCNCC(C(C)C)N1CC(C)C(N(C)C)C1. The predicted octanol–water partition coefficient (Wildman–Crippen LogP) is 1.50. The smallest absolute Gasteiger partial charge is 0.0254 e. The van der Waals surface area contributed by atoms with Crippen molar-refractivity contribution in [3.05, 3.63) is 0 Å². The van der Waals surface area contributed by atoms with Crippen LogP contribution in [-0.2, 0) is 0 Å². The molecule has 1 fully saturated rings. The summed E-state index contributed by atoms with van der Waals surface area (Å²) in [5, 5.41) is 3.51. The van der Waals surface area contributed by atoms with Crippen molar-refractivity contribution in [2.45, 2.75) is 39.8 Å². The van der Waals surface area contributed by atoms with E-state index in [-0.39, 0.29) is 0 Å². The molecule has 1 saturated heterocycles. The van der Waals surface area contributed by atoms with Crippen molar-refractivity contribution in [3.63, 3.8) is 0 Å². The Kier molecular flexibility index (Phi) is 5.90. The molecule has 3 nitrogen and oxygen atoms in total. The van der Waals surface area contributed by atoms with Gasteiger partial charge < -0.3 is 10.2 Å². The molecule has 102 valence electrons. The van der Waals surface area contributed by atoms with Gasteiger partial charge in [-0.15, -0.1) is 0 Å². The largest absolute Gasteiger partial charge is 0.315 e. The molecule has 0 spiro atoms. The van der Waals surface area contributed by atoms with Crippen molar-refractivity contribution in [2.75, 3.05) is 40.3 Å². The highest BCUT2D eigenvalue weighted by molar-refractivity contribution is 4.91. The van der Waals surface area contributed by atoms with Crippen LogP contribution in [0.4, 0.5) is 0 Å². The van der Waals surface area contributed by atoms with Gasteiger partial charge in [0.15, 0.2) is 0 Å². The molecule has 3 unspecified atom stereocenters. The van der Waals surface area contributed by atoms with Crippen LogP contribution < -0.4 is 5.32 Å². The Hall–Kier alpha value is -0.120. The third-order valence-corrected chi connectivity index (χ3v) is 4.11. The van der Waals surface area contributed by atoms with Gasteiger partial charge in [-0.3, -0.25) is 4.90 Å². The summed E-state index contributed by atoms with van der Waals surface area (Å²) in [6, 6.07) is 1.40. The predicted molar refractivity (Wildman–Crippen MR) is 75.4 cm³/mol. The topological polar surface area (TPSA) is 18.5 Å². The van der Waals surface area contributed by atoms with E-state index in [1.54, 1.807) is 0 Å². The van der Waals surface area contributed by atoms with E-state index in [9.17, 15) is 0 Å². The zero-order chi connectivity index (χ0) is 13.0. The third-order valence-electron chi connectivity index (χ3n) is 4.11. The van der Waals surface area contributed by atoms with Gasteiger partial charge in [0.25, 0.3) is 0 Å². The normalized spacial score (nSPS) is 28.2. The highest BCUT2D eigenvalue weighted by atomic mass is 15.3. The van der Waals surface area contributed by atoms with E-state index < -0.39 is 0 Å². The van der Waals surface area contributed by atoms with E-state index in [1.807, 2.05) is 0 Å². The van der Waals surface area contributed by atoms with Crippen molar-refractivity contribution < 1.29 is 0 Å². The number of nitrogens with zero attached hydrogens (tertiary/aromatic N) is 2. The fraction of sp³-hybridized carbons (Fsp3) is 1.00. The van der Waals surface area contributed by atoms with Crippen LogP contribution in [0.25, 0.3) is 0 Å². The number of hydrogen-bond donors (Lipinski definition) is 1. The first-order chi connectivity index (χ1) is 7.97. The van der Waals surface area contributed by atoms with Crippen LogP contribution in [0.5, 0.6) is 0 Å². The van der Waals surface area contributed by atoms with Gasteiger partial charge in [0, 0.05) is 31.7 Å². The van der Waals surface area contributed by atoms with Crippen LogP contribution in [0.2, 0.25) is 0 Å². The van der Waals surface area contributed by atoms with Crippen molar-refractivity contribution in [2.24, 2.45) is 11.8 Å². The standard InChI is InChI=1S/C14H31N3/c1-7-15-8-13(11(2)3)17-9-12(4)14(10-17)16(5)6/h11-15H,7-10H2,1-6H3. The molecule has 3 heteroatoms. The highest BCUT2D eigenvalue weighted by Gasteiger charge is 2.35. The second kappa shape index (κ2) is 6.72. The summed E-state index contributed by atoms with van der Waals surface area (Å²) in [4.78, 5) is 5.07. The minimum absolute atomic E-state index is 0.683. The Morgan fingerprint density at radius 1 is 1.29 bits per heavy atom. The van der Waals surface area contributed by atoms with E-state index in [0.717, 1.165) is 31.0 Å². The highest BCUT2D eigenvalue weighted by Crippen LogP contribution is 2.24. The quantitative estimate of drug-likeness (QED) is 0.760. The summed E-state index contributed by atoms with van der Waals surface area (Å²) < 4.78 is 0. The monoisotopic (exact) mass is 241 g/mol. The molecule has 0 amide bonds. The molecule has 0 bridgehead atoms. The molecule has 0 aromatic rings. The summed E-state index contributed by atoms with van der Waals surface area (Å²) >= 11 is 0. The average molecular weight is 241 g/mol. The van der Waals surface area contributed by atoms with Gasteiger partial charge in [-0.2, -0.15) is 0 Å².